The third-order valence-electron chi connectivity index (χ3n) is 3.48. The topological polar surface area (TPSA) is 101 Å². The molecule has 134 valence electrons. The van der Waals surface area contributed by atoms with Crippen molar-refractivity contribution in [1.29, 1.82) is 0 Å². The van der Waals surface area contributed by atoms with Gasteiger partial charge in [-0.25, -0.2) is 10.2 Å². The molecule has 0 aliphatic heterocycles. The lowest BCUT2D eigenvalue weighted by molar-refractivity contribution is 0.0696. The summed E-state index contributed by atoms with van der Waals surface area (Å²) in [5.41, 5.74) is 3.35. The van der Waals surface area contributed by atoms with Gasteiger partial charge < -0.3 is 9.84 Å². The summed E-state index contributed by atoms with van der Waals surface area (Å²) >= 11 is 0. The van der Waals surface area contributed by atoms with Gasteiger partial charge in [0, 0.05) is 12.3 Å². The van der Waals surface area contributed by atoms with Crippen molar-refractivity contribution in [2.24, 2.45) is 5.10 Å². The second-order valence-electron chi connectivity index (χ2n) is 5.42. The van der Waals surface area contributed by atoms with E-state index in [1.165, 1.54) is 30.6 Å². The summed E-state index contributed by atoms with van der Waals surface area (Å²) in [6, 6.07) is 18.4. The highest BCUT2D eigenvalue weighted by molar-refractivity contribution is 5.93. The number of para-hydroxylation sites is 1. The number of amides is 1. The Morgan fingerprint density at radius 3 is 2.44 bits per heavy atom. The fourth-order valence-electron chi connectivity index (χ4n) is 2.16. The molecule has 2 N–H and O–H groups in total. The van der Waals surface area contributed by atoms with Crippen LogP contribution in [0.1, 0.15) is 26.4 Å². The molecule has 27 heavy (non-hydrogen) atoms. The zero-order valence-corrected chi connectivity index (χ0v) is 14.1. The van der Waals surface area contributed by atoms with E-state index >= 15 is 0 Å². The van der Waals surface area contributed by atoms with Crippen molar-refractivity contribution in [2.75, 3.05) is 0 Å². The van der Waals surface area contributed by atoms with Gasteiger partial charge in [0.25, 0.3) is 5.91 Å². The first-order valence-electron chi connectivity index (χ1n) is 7.97. The van der Waals surface area contributed by atoms with Gasteiger partial charge in [-0.1, -0.05) is 30.3 Å². The number of carboxylic acids is 1. The number of hydrogen-bond donors (Lipinski definition) is 2. The van der Waals surface area contributed by atoms with Gasteiger partial charge in [0.1, 0.15) is 17.2 Å². The van der Waals surface area contributed by atoms with Crippen LogP contribution in [0.4, 0.5) is 0 Å². The van der Waals surface area contributed by atoms with Gasteiger partial charge >= 0.3 is 5.97 Å². The summed E-state index contributed by atoms with van der Waals surface area (Å²) < 4.78 is 5.67. The molecule has 0 saturated heterocycles. The molecule has 7 heteroatoms. The Labute approximate surface area is 155 Å². The minimum atomic E-state index is -1.00. The molecule has 1 aromatic heterocycles. The normalized spacial score (nSPS) is 10.5. The molecule has 1 amide bonds. The second-order valence-corrected chi connectivity index (χ2v) is 5.42. The van der Waals surface area contributed by atoms with Crippen LogP contribution in [-0.2, 0) is 0 Å². The van der Waals surface area contributed by atoms with Gasteiger partial charge in [-0.3, -0.25) is 9.78 Å². The minimum absolute atomic E-state index is 0.154. The van der Waals surface area contributed by atoms with Crippen molar-refractivity contribution in [1.82, 2.24) is 10.4 Å². The Balaban J connectivity index is 1.62. The summed E-state index contributed by atoms with van der Waals surface area (Å²) in [6.07, 6.45) is 2.88. The number of pyridine rings is 1. The molecule has 0 unspecified atom stereocenters. The first kappa shape index (κ1) is 17.8. The van der Waals surface area contributed by atoms with Crippen LogP contribution in [0.5, 0.6) is 11.5 Å². The lowest BCUT2D eigenvalue weighted by atomic mass is 10.1. The zero-order chi connectivity index (χ0) is 19.1. The Bertz CT molecular complexity index is 970. The predicted molar refractivity (Wildman–Crippen MR) is 99.2 cm³/mol. The van der Waals surface area contributed by atoms with Gasteiger partial charge in [0.15, 0.2) is 0 Å². The molecule has 0 aliphatic rings. The van der Waals surface area contributed by atoms with E-state index in [1.807, 2.05) is 18.2 Å². The number of nitrogens with one attached hydrogen (secondary N) is 1. The number of carbonyl (C=O) groups excluding carboxylic acids is 1. The highest BCUT2D eigenvalue weighted by Gasteiger charge is 2.08. The molecule has 2 aromatic carbocycles. The van der Waals surface area contributed by atoms with Crippen molar-refractivity contribution in [3.8, 4) is 11.5 Å². The number of ether oxygens (including phenoxy) is 1. The molecule has 0 saturated carbocycles. The van der Waals surface area contributed by atoms with Crippen LogP contribution in [0, 0.1) is 0 Å². The average Bonchev–Trinajstić information content (AvgIpc) is 2.69. The third kappa shape index (κ3) is 4.99. The molecular formula is C20H15N3O4. The highest BCUT2D eigenvalue weighted by atomic mass is 16.5. The van der Waals surface area contributed by atoms with Crippen molar-refractivity contribution in [3.63, 3.8) is 0 Å². The fourth-order valence-corrected chi connectivity index (χ4v) is 2.16. The molecule has 3 aromatic rings. The number of nitrogens with zero attached hydrogens (tertiary/aromatic N) is 2. The van der Waals surface area contributed by atoms with E-state index in [-0.39, 0.29) is 11.3 Å². The van der Waals surface area contributed by atoms with Gasteiger partial charge in [-0.05, 0) is 35.9 Å². The minimum Gasteiger partial charge on any atom is -0.478 e. The lowest BCUT2D eigenvalue weighted by Crippen LogP contribution is -2.18. The third-order valence-corrected chi connectivity index (χ3v) is 3.48. The number of carboxylic acid groups (broad SMARTS) is 1. The number of aromatic nitrogens is 1. The lowest BCUT2D eigenvalue weighted by Gasteiger charge is -2.06. The van der Waals surface area contributed by atoms with Crippen LogP contribution < -0.4 is 10.2 Å². The molecule has 0 atom stereocenters. The summed E-state index contributed by atoms with van der Waals surface area (Å²) in [5, 5.41) is 12.7. The molecule has 0 spiro atoms. The van der Waals surface area contributed by atoms with Crippen LogP contribution >= 0.6 is 0 Å². The van der Waals surface area contributed by atoms with Crippen LogP contribution in [0.2, 0.25) is 0 Å². The number of rotatable bonds is 6. The molecule has 3 rings (SSSR count). The SMILES string of the molecule is O=C(O)c1ccc(C=NNC(=O)c2cc(Oc3ccccc3)ccn2)cc1. The number of hydrazone groups is 1. The van der Waals surface area contributed by atoms with Gasteiger partial charge in [0.2, 0.25) is 0 Å². The fraction of sp³-hybridized carbons (Fsp3) is 0. The molecule has 1 heterocycles. The number of benzene rings is 2. The molecule has 0 bridgehead atoms. The Morgan fingerprint density at radius 1 is 1.00 bits per heavy atom. The smallest absolute Gasteiger partial charge is 0.335 e. The summed E-state index contributed by atoms with van der Waals surface area (Å²) in [6.45, 7) is 0. The predicted octanol–water partition coefficient (Wildman–Crippen LogP) is 3.34. The van der Waals surface area contributed by atoms with E-state index in [2.05, 4.69) is 15.5 Å². The van der Waals surface area contributed by atoms with E-state index in [0.29, 0.717) is 17.1 Å². The van der Waals surface area contributed by atoms with Crippen LogP contribution in [0.15, 0.2) is 78.0 Å². The summed E-state index contributed by atoms with van der Waals surface area (Å²) in [7, 11) is 0. The van der Waals surface area contributed by atoms with E-state index < -0.39 is 11.9 Å². The van der Waals surface area contributed by atoms with E-state index in [4.69, 9.17) is 9.84 Å². The summed E-state index contributed by atoms with van der Waals surface area (Å²) in [4.78, 5) is 27.0. The second kappa shape index (κ2) is 8.39. The standard InChI is InChI=1S/C20H15N3O4/c24-19(23-22-13-14-6-8-15(9-7-14)20(25)26)18-12-17(10-11-21-18)27-16-4-2-1-3-5-16/h1-13H,(H,23,24)(H,25,26). The number of hydrogen-bond acceptors (Lipinski definition) is 5. The van der Waals surface area contributed by atoms with E-state index in [1.54, 1.807) is 30.3 Å². The molecule has 7 nitrogen and oxygen atoms in total. The Kier molecular flexibility index (Phi) is 5.54. The van der Waals surface area contributed by atoms with Gasteiger partial charge in [-0.15, -0.1) is 0 Å². The van der Waals surface area contributed by atoms with Crippen LogP contribution in [0.25, 0.3) is 0 Å². The number of aromatic carboxylic acids is 1. The molecule has 0 fully saturated rings. The Hall–Kier alpha value is -4.00. The first-order valence-corrected chi connectivity index (χ1v) is 7.97. The maximum absolute atomic E-state index is 12.2. The van der Waals surface area contributed by atoms with E-state index in [9.17, 15) is 9.59 Å². The highest BCUT2D eigenvalue weighted by Crippen LogP contribution is 2.20. The quantitative estimate of drug-likeness (QED) is 0.518. The average molecular weight is 361 g/mol. The van der Waals surface area contributed by atoms with Crippen molar-refractivity contribution < 1.29 is 19.4 Å². The monoisotopic (exact) mass is 361 g/mol. The van der Waals surface area contributed by atoms with E-state index in [0.717, 1.165) is 0 Å². The summed E-state index contributed by atoms with van der Waals surface area (Å²) in [5.74, 6) is -0.366. The van der Waals surface area contributed by atoms with Crippen LogP contribution in [0.3, 0.4) is 0 Å². The van der Waals surface area contributed by atoms with Gasteiger partial charge in [0.05, 0.1) is 11.8 Å². The first-order chi connectivity index (χ1) is 13.1. The van der Waals surface area contributed by atoms with Gasteiger partial charge in [-0.2, -0.15) is 5.10 Å². The largest absolute Gasteiger partial charge is 0.478 e. The molecule has 0 radical (unpaired) electrons. The number of carbonyl (C=O) groups is 2. The zero-order valence-electron chi connectivity index (χ0n) is 14.1. The van der Waals surface area contributed by atoms with Crippen LogP contribution in [-0.4, -0.2) is 28.2 Å². The molecule has 0 aliphatic carbocycles. The van der Waals surface area contributed by atoms with Crippen molar-refractivity contribution in [2.45, 2.75) is 0 Å². The maximum Gasteiger partial charge on any atom is 0.335 e. The molecular weight excluding hydrogens is 346 g/mol. The van der Waals surface area contributed by atoms with Crippen molar-refractivity contribution in [3.05, 3.63) is 89.7 Å². The Morgan fingerprint density at radius 2 is 1.74 bits per heavy atom. The maximum atomic E-state index is 12.2. The van der Waals surface area contributed by atoms with Crippen molar-refractivity contribution >= 4 is 18.1 Å².